The Morgan fingerprint density at radius 2 is 1.91 bits per heavy atom. The number of benzene rings is 2. The fourth-order valence-corrected chi connectivity index (χ4v) is 3.67. The number of methoxy groups -OCH3 is 1. The van der Waals surface area contributed by atoms with Crippen LogP contribution in [0.15, 0.2) is 61.1 Å². The van der Waals surface area contributed by atoms with Gasteiger partial charge in [-0.05, 0) is 35.9 Å². The van der Waals surface area contributed by atoms with Crippen LogP contribution in [0.4, 0.5) is 29.3 Å². The zero-order valence-electron chi connectivity index (χ0n) is 18.4. The monoisotopic (exact) mass is 505 g/mol. The van der Waals surface area contributed by atoms with Gasteiger partial charge in [0.15, 0.2) is 6.10 Å². The minimum Gasteiger partial charge on any atom is -0.437 e. The van der Waals surface area contributed by atoms with Crippen LogP contribution < -0.4 is 15.4 Å². The molecule has 2 N–H and O–H groups in total. The first kappa shape index (κ1) is 24.3. The molecule has 2 amide bonds. The maximum atomic E-state index is 13.1. The highest BCUT2D eigenvalue weighted by Gasteiger charge is 2.41. The maximum Gasteiger partial charge on any atom is 0.418 e. The minimum atomic E-state index is -4.59. The maximum absolute atomic E-state index is 13.1. The molecule has 0 aliphatic heterocycles. The normalized spacial score (nSPS) is 12.4. The van der Waals surface area contributed by atoms with E-state index in [2.05, 4.69) is 25.3 Å². The third kappa shape index (κ3) is 5.47. The third-order valence-electron chi connectivity index (χ3n) is 5.01. The Kier molecular flexibility index (Phi) is 6.81. The number of nitrogens with one attached hydrogen (secondary N) is 2. The van der Waals surface area contributed by atoms with E-state index in [0.29, 0.717) is 17.1 Å². The number of carbonyl (C=O) groups excluding carboxylic acids is 1. The van der Waals surface area contributed by atoms with Gasteiger partial charge in [0, 0.05) is 32.1 Å². The lowest BCUT2D eigenvalue weighted by molar-refractivity contribution is -0.215. The number of alkyl halides is 3. The average molecular weight is 506 g/mol. The van der Waals surface area contributed by atoms with Crippen molar-refractivity contribution in [2.45, 2.75) is 12.3 Å². The summed E-state index contributed by atoms with van der Waals surface area (Å²) in [5.74, 6) is 0.720. The first-order valence-electron chi connectivity index (χ1n) is 10.2. The van der Waals surface area contributed by atoms with Crippen molar-refractivity contribution in [2.24, 2.45) is 7.05 Å². The van der Waals surface area contributed by atoms with Gasteiger partial charge >= 0.3 is 12.2 Å². The van der Waals surface area contributed by atoms with E-state index in [-0.39, 0.29) is 22.0 Å². The zero-order valence-corrected chi connectivity index (χ0v) is 19.2. The van der Waals surface area contributed by atoms with Crippen LogP contribution in [0, 0.1) is 0 Å². The van der Waals surface area contributed by atoms with Crippen LogP contribution in [0.25, 0.3) is 11.0 Å². The molecular weight excluding hydrogens is 487 g/mol. The number of aromatic nitrogens is 3. The van der Waals surface area contributed by atoms with Crippen LogP contribution >= 0.6 is 11.6 Å². The van der Waals surface area contributed by atoms with Gasteiger partial charge in [-0.1, -0.05) is 23.7 Å². The van der Waals surface area contributed by atoms with Gasteiger partial charge in [-0.25, -0.2) is 9.78 Å². The number of urea groups is 1. The molecule has 0 aliphatic carbocycles. The Labute approximate surface area is 202 Å². The van der Waals surface area contributed by atoms with Gasteiger partial charge in [0.1, 0.15) is 17.6 Å². The van der Waals surface area contributed by atoms with Crippen molar-refractivity contribution < 1.29 is 27.4 Å². The summed E-state index contributed by atoms with van der Waals surface area (Å²) in [5, 5.41) is 5.22. The molecule has 0 aliphatic rings. The molecule has 0 fully saturated rings. The van der Waals surface area contributed by atoms with E-state index < -0.39 is 18.3 Å². The third-order valence-corrected chi connectivity index (χ3v) is 5.32. The molecule has 4 rings (SSSR count). The van der Waals surface area contributed by atoms with Gasteiger partial charge < -0.3 is 24.7 Å². The van der Waals surface area contributed by atoms with Gasteiger partial charge in [-0.15, -0.1) is 0 Å². The van der Waals surface area contributed by atoms with Gasteiger partial charge in [0.25, 0.3) is 0 Å². The second-order valence-electron chi connectivity index (χ2n) is 7.44. The molecule has 182 valence electrons. The van der Waals surface area contributed by atoms with Gasteiger partial charge in [0.05, 0.1) is 16.2 Å². The average Bonchev–Trinajstić information content (AvgIpc) is 3.17. The standard InChI is InChI=1S/C23H19ClF3N5O3/c1-32-9-8-18-19(32)21(29-12-28-18)35-15-6-7-17(16(24)11-15)31-22(33)30-14-5-3-4-13(10-14)20(34-2)23(25,26)27/h3-12,20H,1-2H3,(H2,30,31,33). The van der Waals surface area contributed by atoms with E-state index in [0.717, 1.165) is 12.6 Å². The molecular formula is C23H19ClF3N5O3. The predicted molar refractivity (Wildman–Crippen MR) is 125 cm³/mol. The number of anilines is 2. The molecule has 4 aromatic rings. The number of aryl methyl sites for hydroxylation is 1. The molecule has 35 heavy (non-hydrogen) atoms. The number of hydrogen-bond acceptors (Lipinski definition) is 5. The number of ether oxygens (including phenoxy) is 2. The summed E-state index contributed by atoms with van der Waals surface area (Å²) in [6, 6.07) is 11.0. The van der Waals surface area contributed by atoms with Gasteiger partial charge in [-0.2, -0.15) is 18.2 Å². The summed E-state index contributed by atoms with van der Waals surface area (Å²) in [7, 11) is 2.80. The number of fused-ring (bicyclic) bond motifs is 1. The quantitative estimate of drug-likeness (QED) is 0.320. The smallest absolute Gasteiger partial charge is 0.418 e. The Balaban J connectivity index is 1.45. The molecule has 1 unspecified atom stereocenters. The van der Waals surface area contributed by atoms with E-state index in [1.807, 2.05) is 23.9 Å². The molecule has 0 bridgehead atoms. The summed E-state index contributed by atoms with van der Waals surface area (Å²) in [6.45, 7) is 0. The molecule has 0 saturated carbocycles. The van der Waals surface area contributed by atoms with Crippen molar-refractivity contribution in [1.29, 1.82) is 0 Å². The zero-order chi connectivity index (χ0) is 25.2. The molecule has 2 aromatic carbocycles. The van der Waals surface area contributed by atoms with Crippen molar-refractivity contribution in [1.82, 2.24) is 14.5 Å². The van der Waals surface area contributed by atoms with E-state index in [9.17, 15) is 18.0 Å². The highest BCUT2D eigenvalue weighted by atomic mass is 35.5. The lowest BCUT2D eigenvalue weighted by Gasteiger charge is -2.19. The van der Waals surface area contributed by atoms with Crippen molar-refractivity contribution in [3.63, 3.8) is 0 Å². The summed E-state index contributed by atoms with van der Waals surface area (Å²) < 4.78 is 51.6. The molecule has 2 aromatic heterocycles. The molecule has 0 saturated heterocycles. The number of halogens is 4. The second kappa shape index (κ2) is 9.80. The topological polar surface area (TPSA) is 90.3 Å². The van der Waals surface area contributed by atoms with Gasteiger partial charge in [0.2, 0.25) is 5.88 Å². The van der Waals surface area contributed by atoms with Crippen LogP contribution in [0.2, 0.25) is 5.02 Å². The Hall–Kier alpha value is -3.83. The second-order valence-corrected chi connectivity index (χ2v) is 7.85. The Morgan fingerprint density at radius 1 is 1.11 bits per heavy atom. The van der Waals surface area contributed by atoms with Crippen molar-refractivity contribution in [3.05, 3.63) is 71.6 Å². The van der Waals surface area contributed by atoms with E-state index in [1.54, 1.807) is 6.07 Å². The number of nitrogens with zero attached hydrogens (tertiary/aromatic N) is 3. The summed E-state index contributed by atoms with van der Waals surface area (Å²) in [4.78, 5) is 20.8. The molecule has 8 nitrogen and oxygen atoms in total. The van der Waals surface area contributed by atoms with Crippen molar-refractivity contribution in [2.75, 3.05) is 17.7 Å². The van der Waals surface area contributed by atoms with E-state index in [1.165, 1.54) is 42.7 Å². The molecule has 1 atom stereocenters. The number of rotatable bonds is 6. The first-order valence-corrected chi connectivity index (χ1v) is 10.5. The lowest BCUT2D eigenvalue weighted by Crippen LogP contribution is -2.23. The molecule has 12 heteroatoms. The van der Waals surface area contributed by atoms with E-state index in [4.69, 9.17) is 16.3 Å². The van der Waals surface area contributed by atoms with Crippen LogP contribution in [-0.4, -0.2) is 33.9 Å². The fraction of sp³-hybridized carbons (Fsp3) is 0.174. The molecule has 0 spiro atoms. The SMILES string of the molecule is COC(c1cccc(NC(=O)Nc2ccc(Oc3ncnc4ccn(C)c34)cc2Cl)c1)C(F)(F)F. The van der Waals surface area contributed by atoms with Crippen LogP contribution in [-0.2, 0) is 11.8 Å². The highest BCUT2D eigenvalue weighted by Crippen LogP contribution is 2.36. The number of carbonyl (C=O) groups is 1. The molecule has 2 heterocycles. The summed E-state index contributed by atoms with van der Waals surface area (Å²) >= 11 is 6.30. The summed E-state index contributed by atoms with van der Waals surface area (Å²) in [6.07, 6.45) is -3.48. The number of amides is 2. The van der Waals surface area contributed by atoms with E-state index >= 15 is 0 Å². The van der Waals surface area contributed by atoms with Crippen LogP contribution in [0.1, 0.15) is 11.7 Å². The summed E-state index contributed by atoms with van der Waals surface area (Å²) in [5.41, 5.74) is 1.69. The first-order chi connectivity index (χ1) is 16.7. The number of hydrogen-bond donors (Lipinski definition) is 2. The Morgan fingerprint density at radius 3 is 2.63 bits per heavy atom. The Bertz CT molecular complexity index is 1380. The minimum absolute atomic E-state index is 0.144. The van der Waals surface area contributed by atoms with Crippen molar-refractivity contribution >= 4 is 40.0 Å². The lowest BCUT2D eigenvalue weighted by atomic mass is 10.1. The van der Waals surface area contributed by atoms with Gasteiger partial charge in [-0.3, -0.25) is 0 Å². The van der Waals surface area contributed by atoms with Crippen LogP contribution in [0.3, 0.4) is 0 Å². The van der Waals surface area contributed by atoms with Crippen LogP contribution in [0.5, 0.6) is 11.6 Å². The molecule has 0 radical (unpaired) electrons. The predicted octanol–water partition coefficient (Wildman–Crippen LogP) is 6.31. The fourth-order valence-electron chi connectivity index (χ4n) is 3.46. The highest BCUT2D eigenvalue weighted by molar-refractivity contribution is 6.34. The van der Waals surface area contributed by atoms with Crippen molar-refractivity contribution in [3.8, 4) is 11.6 Å². The largest absolute Gasteiger partial charge is 0.437 e.